The van der Waals surface area contributed by atoms with Gasteiger partial charge in [-0.15, -0.1) is 0 Å². The number of rotatable bonds is 6. The van der Waals surface area contributed by atoms with Crippen molar-refractivity contribution in [3.8, 4) is 0 Å². The summed E-state index contributed by atoms with van der Waals surface area (Å²) in [4.78, 5) is 0.0296. The molecule has 1 aliphatic carbocycles. The van der Waals surface area contributed by atoms with Crippen LogP contribution in [0.2, 0.25) is 0 Å². The van der Waals surface area contributed by atoms with Gasteiger partial charge in [0.05, 0.1) is 4.90 Å². The molecular weight excluding hydrogens is 267 g/mol. The molecule has 0 atom stereocenters. The van der Waals surface area contributed by atoms with E-state index in [1.54, 1.807) is 13.0 Å². The van der Waals surface area contributed by atoms with Gasteiger partial charge in [0.1, 0.15) is 5.82 Å². The van der Waals surface area contributed by atoms with Gasteiger partial charge in [0.15, 0.2) is 0 Å². The lowest BCUT2D eigenvalue weighted by molar-refractivity contribution is 0.574. The lowest BCUT2D eigenvalue weighted by atomic mass is 10.1. The molecule has 0 heterocycles. The highest BCUT2D eigenvalue weighted by molar-refractivity contribution is 7.89. The molecule has 0 spiro atoms. The van der Waals surface area contributed by atoms with E-state index in [4.69, 9.17) is 0 Å². The summed E-state index contributed by atoms with van der Waals surface area (Å²) in [5, 5.41) is 3.25. The summed E-state index contributed by atoms with van der Waals surface area (Å²) in [5.74, 6) is -0.480. The lowest BCUT2D eigenvalue weighted by Crippen LogP contribution is -2.25. The lowest BCUT2D eigenvalue weighted by Gasteiger charge is -2.12. The Labute approximate surface area is 113 Å². The van der Waals surface area contributed by atoms with Crippen molar-refractivity contribution in [1.29, 1.82) is 0 Å². The molecule has 1 saturated carbocycles. The third kappa shape index (κ3) is 3.52. The molecule has 4 nitrogen and oxygen atoms in total. The molecule has 0 unspecified atom stereocenters. The molecule has 0 saturated heterocycles. The van der Waals surface area contributed by atoms with Gasteiger partial charge in [-0.3, -0.25) is 0 Å². The number of benzene rings is 1. The van der Waals surface area contributed by atoms with Crippen molar-refractivity contribution < 1.29 is 12.8 Å². The van der Waals surface area contributed by atoms with Crippen LogP contribution in [-0.4, -0.2) is 21.0 Å². The molecule has 6 heteroatoms. The first-order valence-corrected chi connectivity index (χ1v) is 7.94. The second-order valence-electron chi connectivity index (χ2n) is 4.86. The first kappa shape index (κ1) is 14.4. The minimum Gasteiger partial charge on any atom is -0.310 e. The summed E-state index contributed by atoms with van der Waals surface area (Å²) in [6, 6.07) is 3.44. The van der Waals surface area contributed by atoms with Crippen molar-refractivity contribution in [2.45, 2.75) is 44.2 Å². The van der Waals surface area contributed by atoms with Crippen LogP contribution in [0.25, 0.3) is 0 Å². The normalized spacial score (nSPS) is 15.7. The van der Waals surface area contributed by atoms with Gasteiger partial charge in [-0.05, 0) is 37.5 Å². The molecule has 0 amide bonds. The highest BCUT2D eigenvalue weighted by Crippen LogP contribution is 2.23. The van der Waals surface area contributed by atoms with Crippen LogP contribution in [0.1, 0.15) is 30.9 Å². The van der Waals surface area contributed by atoms with Crippen molar-refractivity contribution >= 4 is 10.0 Å². The topological polar surface area (TPSA) is 58.2 Å². The summed E-state index contributed by atoms with van der Waals surface area (Å²) in [5.41, 5.74) is 0.822. The summed E-state index contributed by atoms with van der Waals surface area (Å²) >= 11 is 0. The first-order valence-electron chi connectivity index (χ1n) is 6.46. The van der Waals surface area contributed by atoms with Crippen LogP contribution >= 0.6 is 0 Å². The van der Waals surface area contributed by atoms with E-state index < -0.39 is 15.8 Å². The van der Waals surface area contributed by atoms with Crippen LogP contribution in [0.3, 0.4) is 0 Å². The number of sulfonamides is 1. The maximum Gasteiger partial charge on any atom is 0.240 e. The van der Waals surface area contributed by atoms with Crippen LogP contribution < -0.4 is 10.0 Å². The standard InChI is InChI=1S/C13H19FN2O2S/c1-3-16-19(17,18)13-7-10(6-12(14)9(13)2)8-15-11-4-5-11/h6-7,11,15-16H,3-5,8H2,1-2H3. The highest BCUT2D eigenvalue weighted by Gasteiger charge is 2.22. The Morgan fingerprint density at radius 3 is 2.63 bits per heavy atom. The molecule has 2 rings (SSSR count). The summed E-state index contributed by atoms with van der Waals surface area (Å²) in [6.07, 6.45) is 2.27. The smallest absolute Gasteiger partial charge is 0.240 e. The third-order valence-electron chi connectivity index (χ3n) is 3.15. The molecule has 1 aliphatic rings. The summed E-state index contributed by atoms with van der Waals surface area (Å²) < 4.78 is 40.2. The molecule has 0 bridgehead atoms. The molecule has 1 aromatic rings. The fourth-order valence-electron chi connectivity index (χ4n) is 1.91. The van der Waals surface area contributed by atoms with Crippen LogP contribution in [0, 0.1) is 12.7 Å². The zero-order valence-electron chi connectivity index (χ0n) is 11.2. The fraction of sp³-hybridized carbons (Fsp3) is 0.538. The zero-order valence-corrected chi connectivity index (χ0v) is 12.0. The average Bonchev–Trinajstić information content (AvgIpc) is 3.14. The summed E-state index contributed by atoms with van der Waals surface area (Å²) in [6.45, 7) is 3.96. The summed E-state index contributed by atoms with van der Waals surface area (Å²) in [7, 11) is -3.63. The Bertz CT molecular complexity index is 568. The quantitative estimate of drug-likeness (QED) is 0.836. The zero-order chi connectivity index (χ0) is 14.0. The van der Waals surface area contributed by atoms with Crippen molar-refractivity contribution in [2.24, 2.45) is 0 Å². The number of hydrogen-bond acceptors (Lipinski definition) is 3. The molecule has 0 aliphatic heterocycles. The Morgan fingerprint density at radius 1 is 1.37 bits per heavy atom. The van der Waals surface area contributed by atoms with Crippen molar-refractivity contribution in [1.82, 2.24) is 10.0 Å². The van der Waals surface area contributed by atoms with E-state index in [1.807, 2.05) is 0 Å². The third-order valence-corrected chi connectivity index (χ3v) is 4.82. The van der Waals surface area contributed by atoms with Gasteiger partial charge in [0.2, 0.25) is 10.0 Å². The Hall–Kier alpha value is -0.980. The monoisotopic (exact) mass is 286 g/mol. The van der Waals surface area contributed by atoms with Gasteiger partial charge in [-0.2, -0.15) is 0 Å². The maximum absolute atomic E-state index is 13.8. The van der Waals surface area contributed by atoms with E-state index in [9.17, 15) is 12.8 Å². The van der Waals surface area contributed by atoms with E-state index in [0.717, 1.165) is 12.8 Å². The average molecular weight is 286 g/mol. The predicted molar refractivity (Wildman–Crippen MR) is 71.9 cm³/mol. The molecule has 0 radical (unpaired) electrons. The molecule has 0 aromatic heterocycles. The van der Waals surface area contributed by atoms with Crippen molar-refractivity contribution in [2.75, 3.05) is 6.54 Å². The predicted octanol–water partition coefficient (Wildman–Crippen LogP) is 1.68. The maximum atomic E-state index is 13.8. The van der Waals surface area contributed by atoms with Gasteiger partial charge in [0.25, 0.3) is 0 Å². The van der Waals surface area contributed by atoms with Gasteiger partial charge < -0.3 is 5.32 Å². The van der Waals surface area contributed by atoms with Gasteiger partial charge in [0, 0.05) is 24.7 Å². The molecule has 19 heavy (non-hydrogen) atoms. The fourth-order valence-corrected chi connectivity index (χ4v) is 3.25. The minimum atomic E-state index is -3.63. The van der Waals surface area contributed by atoms with E-state index in [1.165, 1.54) is 13.0 Å². The second kappa shape index (κ2) is 5.56. The van der Waals surface area contributed by atoms with Gasteiger partial charge in [-0.1, -0.05) is 6.92 Å². The van der Waals surface area contributed by atoms with E-state index in [0.29, 0.717) is 18.2 Å². The van der Waals surface area contributed by atoms with Crippen LogP contribution in [0.4, 0.5) is 4.39 Å². The van der Waals surface area contributed by atoms with Gasteiger partial charge >= 0.3 is 0 Å². The van der Waals surface area contributed by atoms with Crippen molar-refractivity contribution in [3.05, 3.63) is 29.1 Å². The van der Waals surface area contributed by atoms with Crippen LogP contribution in [-0.2, 0) is 16.6 Å². The van der Waals surface area contributed by atoms with E-state index >= 15 is 0 Å². The molecule has 106 valence electrons. The molecule has 2 N–H and O–H groups in total. The second-order valence-corrected chi connectivity index (χ2v) is 6.59. The van der Waals surface area contributed by atoms with E-state index in [2.05, 4.69) is 10.0 Å². The molecular formula is C13H19FN2O2S. The highest BCUT2D eigenvalue weighted by atomic mass is 32.2. The van der Waals surface area contributed by atoms with Crippen molar-refractivity contribution in [3.63, 3.8) is 0 Å². The number of halogens is 1. The van der Waals surface area contributed by atoms with Gasteiger partial charge in [-0.25, -0.2) is 17.5 Å². The molecule has 1 fully saturated rings. The number of nitrogens with one attached hydrogen (secondary N) is 2. The SMILES string of the molecule is CCNS(=O)(=O)c1cc(CNC2CC2)cc(F)c1C. The minimum absolute atomic E-state index is 0.0296. The Morgan fingerprint density at radius 2 is 2.05 bits per heavy atom. The van der Waals surface area contributed by atoms with Crippen LogP contribution in [0.5, 0.6) is 0 Å². The first-order chi connectivity index (χ1) is 8.94. The Balaban J connectivity index is 2.30. The molecule has 1 aromatic carbocycles. The number of hydrogen-bond donors (Lipinski definition) is 2. The van der Waals surface area contributed by atoms with E-state index in [-0.39, 0.29) is 17.0 Å². The largest absolute Gasteiger partial charge is 0.310 e. The Kier molecular flexibility index (Phi) is 4.23. The van der Waals surface area contributed by atoms with Crippen LogP contribution in [0.15, 0.2) is 17.0 Å².